The molecule has 0 bridgehead atoms. The van der Waals surface area contributed by atoms with E-state index in [2.05, 4.69) is 0 Å². The molecular weight excluding hydrogens is 281 g/mol. The van der Waals surface area contributed by atoms with Crippen molar-refractivity contribution in [1.82, 2.24) is 0 Å². The minimum atomic E-state index is -1.54. The normalized spacial score (nSPS) is 10.3. The third-order valence-electron chi connectivity index (χ3n) is 2.70. The van der Waals surface area contributed by atoms with E-state index in [-0.39, 0.29) is 13.2 Å². The van der Waals surface area contributed by atoms with Crippen LogP contribution < -0.4 is 14.9 Å². The Kier molecular flexibility index (Phi) is 5.13. The molecule has 0 amide bonds. The van der Waals surface area contributed by atoms with Gasteiger partial charge in [-0.2, -0.15) is 0 Å². The first-order chi connectivity index (χ1) is 10.1. The molecule has 0 aliphatic carbocycles. The lowest BCUT2D eigenvalue weighted by atomic mass is 9.80. The number of rotatable bonds is 6. The van der Waals surface area contributed by atoms with Gasteiger partial charge in [-0.15, -0.1) is 0 Å². The summed E-state index contributed by atoms with van der Waals surface area (Å²) in [6.07, 6.45) is 0. The third kappa shape index (κ3) is 4.17. The van der Waals surface area contributed by atoms with E-state index in [0.717, 1.165) is 12.1 Å². The molecule has 0 radical (unpaired) electrons. The molecule has 0 saturated carbocycles. The third-order valence-corrected chi connectivity index (χ3v) is 2.70. The lowest BCUT2D eigenvalue weighted by Crippen LogP contribution is -2.29. The van der Waals surface area contributed by atoms with Crippen LogP contribution in [-0.4, -0.2) is 30.4 Å². The van der Waals surface area contributed by atoms with Gasteiger partial charge in [-0.25, -0.2) is 8.78 Å². The molecular formula is C14H13BF2O4. The fourth-order valence-electron chi connectivity index (χ4n) is 1.66. The van der Waals surface area contributed by atoms with Crippen LogP contribution in [0.1, 0.15) is 0 Å². The number of hydrogen-bond donors (Lipinski definition) is 2. The van der Waals surface area contributed by atoms with Gasteiger partial charge in [-0.3, -0.25) is 0 Å². The highest BCUT2D eigenvalue weighted by molar-refractivity contribution is 6.58. The van der Waals surface area contributed by atoms with Crippen LogP contribution in [0, 0.1) is 11.6 Å². The van der Waals surface area contributed by atoms with Gasteiger partial charge in [0.1, 0.15) is 19.0 Å². The van der Waals surface area contributed by atoms with Gasteiger partial charge in [-0.1, -0.05) is 18.2 Å². The smallest absolute Gasteiger partial charge is 0.488 e. The van der Waals surface area contributed by atoms with Crippen molar-refractivity contribution in [2.24, 2.45) is 0 Å². The Morgan fingerprint density at radius 1 is 0.857 bits per heavy atom. The second kappa shape index (κ2) is 7.05. The molecule has 2 rings (SSSR count). The molecule has 0 aliphatic heterocycles. The van der Waals surface area contributed by atoms with Crippen molar-refractivity contribution in [3.05, 3.63) is 54.1 Å². The lowest BCUT2D eigenvalue weighted by molar-refractivity contribution is 0.205. The highest BCUT2D eigenvalue weighted by Gasteiger charge is 2.11. The summed E-state index contributed by atoms with van der Waals surface area (Å²) in [7, 11) is -1.54. The van der Waals surface area contributed by atoms with E-state index in [9.17, 15) is 8.78 Å². The summed E-state index contributed by atoms with van der Waals surface area (Å²) >= 11 is 0. The van der Waals surface area contributed by atoms with Crippen molar-refractivity contribution in [2.45, 2.75) is 0 Å². The minimum absolute atomic E-state index is 0.0256. The first-order valence-electron chi connectivity index (χ1n) is 6.23. The van der Waals surface area contributed by atoms with Crippen molar-refractivity contribution in [1.29, 1.82) is 0 Å². The molecule has 4 nitrogen and oxygen atoms in total. The summed E-state index contributed by atoms with van der Waals surface area (Å²) in [4.78, 5) is 0. The molecule has 2 aromatic rings. The highest BCUT2D eigenvalue weighted by atomic mass is 19.1. The average molecular weight is 294 g/mol. The fraction of sp³-hybridized carbons (Fsp3) is 0.143. The topological polar surface area (TPSA) is 58.9 Å². The molecule has 0 fully saturated rings. The summed E-state index contributed by atoms with van der Waals surface area (Å²) in [5.41, 5.74) is 0.340. The standard InChI is InChI=1S/C14H13BF2O4/c16-12-2-1-3-13(17)14(12)21-9-8-20-11-6-4-10(5-7-11)15(18)19/h1-7,18-19H,8-9H2. The number of ether oxygens (including phenoxy) is 2. The van der Waals surface area contributed by atoms with Gasteiger partial charge in [0.15, 0.2) is 17.4 Å². The highest BCUT2D eigenvalue weighted by Crippen LogP contribution is 2.20. The summed E-state index contributed by atoms with van der Waals surface area (Å²) in [6, 6.07) is 9.58. The summed E-state index contributed by atoms with van der Waals surface area (Å²) in [6.45, 7) is 0.0665. The van der Waals surface area contributed by atoms with Crippen molar-refractivity contribution in [3.63, 3.8) is 0 Å². The Morgan fingerprint density at radius 2 is 1.43 bits per heavy atom. The molecule has 0 aliphatic rings. The summed E-state index contributed by atoms with van der Waals surface area (Å²) < 4.78 is 36.8. The molecule has 2 N–H and O–H groups in total. The molecule has 0 aromatic heterocycles. The zero-order valence-electron chi connectivity index (χ0n) is 11.0. The lowest BCUT2D eigenvalue weighted by Gasteiger charge is -2.10. The van der Waals surface area contributed by atoms with Gasteiger partial charge in [0, 0.05) is 0 Å². The first-order valence-corrected chi connectivity index (χ1v) is 6.23. The van der Waals surface area contributed by atoms with Crippen LogP contribution in [0.3, 0.4) is 0 Å². The zero-order chi connectivity index (χ0) is 15.2. The fourth-order valence-corrected chi connectivity index (χ4v) is 1.66. The Morgan fingerprint density at radius 3 is 2.00 bits per heavy atom. The monoisotopic (exact) mass is 294 g/mol. The summed E-state index contributed by atoms with van der Waals surface area (Å²) in [5.74, 6) is -1.48. The molecule has 0 saturated heterocycles. The van der Waals surface area contributed by atoms with Gasteiger partial charge >= 0.3 is 7.12 Å². The number of hydrogen-bond acceptors (Lipinski definition) is 4. The van der Waals surface area contributed by atoms with Gasteiger partial charge in [0.05, 0.1) is 0 Å². The predicted molar refractivity (Wildman–Crippen MR) is 73.6 cm³/mol. The number of para-hydroxylation sites is 1. The van der Waals surface area contributed by atoms with Crippen LogP contribution in [0.25, 0.3) is 0 Å². The van der Waals surface area contributed by atoms with Crippen LogP contribution in [0.5, 0.6) is 11.5 Å². The number of halogens is 2. The van der Waals surface area contributed by atoms with Gasteiger partial charge in [0.25, 0.3) is 0 Å². The van der Waals surface area contributed by atoms with Crippen LogP contribution in [0.15, 0.2) is 42.5 Å². The molecule has 110 valence electrons. The Bertz CT molecular complexity index is 570. The van der Waals surface area contributed by atoms with E-state index in [4.69, 9.17) is 19.5 Å². The quantitative estimate of drug-likeness (QED) is 0.619. The second-order valence-electron chi connectivity index (χ2n) is 4.19. The SMILES string of the molecule is OB(O)c1ccc(OCCOc2c(F)cccc2F)cc1. The molecule has 21 heavy (non-hydrogen) atoms. The van der Waals surface area contributed by atoms with Crippen LogP contribution in [0.4, 0.5) is 8.78 Å². The first kappa shape index (κ1) is 15.3. The van der Waals surface area contributed by atoms with E-state index in [1.54, 1.807) is 12.1 Å². The molecule has 0 unspecified atom stereocenters. The molecule has 0 atom stereocenters. The van der Waals surface area contributed by atoms with E-state index < -0.39 is 24.5 Å². The Hall–Kier alpha value is -2.12. The van der Waals surface area contributed by atoms with E-state index in [1.807, 2.05) is 0 Å². The average Bonchev–Trinajstić information content (AvgIpc) is 2.46. The van der Waals surface area contributed by atoms with E-state index >= 15 is 0 Å². The van der Waals surface area contributed by atoms with Crippen molar-refractivity contribution in [3.8, 4) is 11.5 Å². The maximum absolute atomic E-state index is 13.3. The maximum Gasteiger partial charge on any atom is 0.488 e. The number of benzene rings is 2. The molecule has 7 heteroatoms. The molecule has 2 aromatic carbocycles. The molecule has 0 spiro atoms. The predicted octanol–water partition coefficient (Wildman–Crippen LogP) is 1.10. The second-order valence-corrected chi connectivity index (χ2v) is 4.19. The largest absolute Gasteiger partial charge is 0.490 e. The van der Waals surface area contributed by atoms with Gasteiger partial charge in [-0.05, 0) is 29.7 Å². The van der Waals surface area contributed by atoms with E-state index in [0.29, 0.717) is 11.2 Å². The minimum Gasteiger partial charge on any atom is -0.490 e. The van der Waals surface area contributed by atoms with Crippen molar-refractivity contribution < 1.29 is 28.3 Å². The molecule has 0 heterocycles. The van der Waals surface area contributed by atoms with Crippen LogP contribution >= 0.6 is 0 Å². The van der Waals surface area contributed by atoms with E-state index in [1.165, 1.54) is 18.2 Å². The van der Waals surface area contributed by atoms with Crippen LogP contribution in [0.2, 0.25) is 0 Å². The summed E-state index contributed by atoms with van der Waals surface area (Å²) in [5, 5.41) is 17.9. The zero-order valence-corrected chi connectivity index (χ0v) is 11.0. The Balaban J connectivity index is 1.82. The van der Waals surface area contributed by atoms with Crippen molar-refractivity contribution in [2.75, 3.05) is 13.2 Å². The van der Waals surface area contributed by atoms with Gasteiger partial charge < -0.3 is 19.5 Å². The maximum atomic E-state index is 13.3. The Labute approximate surface area is 120 Å². The van der Waals surface area contributed by atoms with Crippen molar-refractivity contribution >= 4 is 12.6 Å². The van der Waals surface area contributed by atoms with Gasteiger partial charge in [0.2, 0.25) is 0 Å². The van der Waals surface area contributed by atoms with Crippen LogP contribution in [-0.2, 0) is 0 Å².